The molecule has 110 valence electrons. The highest BCUT2D eigenvalue weighted by atomic mass is 16.5. The minimum atomic E-state index is -0.0104. The largest absolute Gasteiger partial charge is 0.375 e. The van der Waals surface area contributed by atoms with Gasteiger partial charge in [0.1, 0.15) is 0 Å². The Morgan fingerprint density at radius 3 is 1.67 bits per heavy atom. The molecule has 0 bridgehead atoms. The van der Waals surface area contributed by atoms with Crippen LogP contribution in [0.1, 0.15) is 31.4 Å². The van der Waals surface area contributed by atoms with E-state index in [1.807, 2.05) is 0 Å². The van der Waals surface area contributed by atoms with Crippen LogP contribution in [-0.2, 0) is 17.6 Å². The normalized spacial score (nSPS) is 19.5. The lowest BCUT2D eigenvalue weighted by atomic mass is 9.73. The molecule has 3 rings (SSSR count). The van der Waals surface area contributed by atoms with Crippen molar-refractivity contribution < 1.29 is 4.74 Å². The van der Waals surface area contributed by atoms with Crippen LogP contribution in [0, 0.1) is 5.41 Å². The molecule has 0 amide bonds. The fourth-order valence-electron chi connectivity index (χ4n) is 3.70. The number of hydrogen-bond acceptors (Lipinski definition) is 1. The standard InChI is InChI=1S/C20H24O/c1-19(2)15-20(16-21-19,13-17-9-5-3-6-10-17)14-18-11-7-4-8-12-18/h3-12H,13-16H2,1-2H3. The third kappa shape index (κ3) is 3.54. The van der Waals surface area contributed by atoms with Crippen molar-refractivity contribution in [3.8, 4) is 0 Å². The summed E-state index contributed by atoms with van der Waals surface area (Å²) in [6, 6.07) is 21.6. The second-order valence-corrected chi connectivity index (χ2v) is 7.05. The Morgan fingerprint density at radius 2 is 1.29 bits per heavy atom. The molecule has 0 aromatic heterocycles. The molecule has 2 aromatic carbocycles. The van der Waals surface area contributed by atoms with E-state index >= 15 is 0 Å². The van der Waals surface area contributed by atoms with Gasteiger partial charge in [-0.15, -0.1) is 0 Å². The molecule has 0 radical (unpaired) electrons. The quantitative estimate of drug-likeness (QED) is 0.791. The van der Waals surface area contributed by atoms with Crippen molar-refractivity contribution in [3.05, 3.63) is 71.8 Å². The molecule has 1 saturated heterocycles. The molecule has 1 fully saturated rings. The van der Waals surface area contributed by atoms with E-state index in [9.17, 15) is 0 Å². The van der Waals surface area contributed by atoms with Crippen LogP contribution in [0.2, 0.25) is 0 Å². The van der Waals surface area contributed by atoms with E-state index in [0.717, 1.165) is 25.9 Å². The van der Waals surface area contributed by atoms with E-state index in [1.165, 1.54) is 11.1 Å². The highest BCUT2D eigenvalue weighted by Crippen LogP contribution is 2.44. The second-order valence-electron chi connectivity index (χ2n) is 7.05. The van der Waals surface area contributed by atoms with Gasteiger partial charge < -0.3 is 4.74 Å². The first kappa shape index (κ1) is 14.3. The second kappa shape index (κ2) is 5.65. The SMILES string of the molecule is CC1(C)CC(Cc2ccccc2)(Cc2ccccc2)CO1. The van der Waals surface area contributed by atoms with Crippen molar-refractivity contribution in [1.29, 1.82) is 0 Å². The summed E-state index contributed by atoms with van der Waals surface area (Å²) in [5, 5.41) is 0. The Balaban J connectivity index is 1.85. The highest BCUT2D eigenvalue weighted by molar-refractivity contribution is 5.22. The van der Waals surface area contributed by atoms with Crippen molar-refractivity contribution in [2.75, 3.05) is 6.61 Å². The average Bonchev–Trinajstić information content (AvgIpc) is 2.76. The summed E-state index contributed by atoms with van der Waals surface area (Å²) >= 11 is 0. The summed E-state index contributed by atoms with van der Waals surface area (Å²) in [6.07, 6.45) is 3.29. The van der Waals surface area contributed by atoms with Gasteiger partial charge in [-0.05, 0) is 44.2 Å². The molecule has 1 aliphatic heterocycles. The molecule has 2 aromatic rings. The molecule has 0 aliphatic carbocycles. The van der Waals surface area contributed by atoms with Gasteiger partial charge in [0.2, 0.25) is 0 Å². The van der Waals surface area contributed by atoms with Gasteiger partial charge in [0.15, 0.2) is 0 Å². The van der Waals surface area contributed by atoms with Crippen molar-refractivity contribution in [2.24, 2.45) is 5.41 Å². The van der Waals surface area contributed by atoms with Gasteiger partial charge in [0.25, 0.3) is 0 Å². The molecule has 1 heterocycles. The van der Waals surface area contributed by atoms with Gasteiger partial charge in [-0.25, -0.2) is 0 Å². The van der Waals surface area contributed by atoms with E-state index in [1.54, 1.807) is 0 Å². The average molecular weight is 280 g/mol. The summed E-state index contributed by atoms with van der Waals surface area (Å²) in [7, 11) is 0. The number of rotatable bonds is 4. The highest BCUT2D eigenvalue weighted by Gasteiger charge is 2.44. The fourth-order valence-corrected chi connectivity index (χ4v) is 3.70. The molecule has 0 N–H and O–H groups in total. The summed E-state index contributed by atoms with van der Waals surface area (Å²) in [6.45, 7) is 5.28. The molecule has 0 saturated carbocycles. The van der Waals surface area contributed by atoms with Crippen molar-refractivity contribution >= 4 is 0 Å². The maximum atomic E-state index is 6.10. The molecule has 0 unspecified atom stereocenters. The molecule has 1 heteroatoms. The molecule has 0 spiro atoms. The van der Waals surface area contributed by atoms with Gasteiger partial charge in [0, 0.05) is 5.41 Å². The zero-order chi connectivity index (χ0) is 14.8. The lowest BCUT2D eigenvalue weighted by Gasteiger charge is -2.29. The fraction of sp³-hybridized carbons (Fsp3) is 0.400. The lowest BCUT2D eigenvalue weighted by molar-refractivity contribution is 0.0310. The summed E-state index contributed by atoms with van der Waals surface area (Å²) in [4.78, 5) is 0. The Bertz CT molecular complexity index is 530. The van der Waals surface area contributed by atoms with Crippen LogP contribution in [-0.4, -0.2) is 12.2 Å². The van der Waals surface area contributed by atoms with Gasteiger partial charge in [-0.2, -0.15) is 0 Å². The maximum absolute atomic E-state index is 6.10. The first-order valence-corrected chi connectivity index (χ1v) is 7.79. The number of benzene rings is 2. The van der Waals surface area contributed by atoms with Crippen LogP contribution in [0.4, 0.5) is 0 Å². The Morgan fingerprint density at radius 1 is 0.810 bits per heavy atom. The summed E-state index contributed by atoms with van der Waals surface area (Å²) < 4.78 is 6.10. The molecule has 0 atom stereocenters. The molecule has 1 nitrogen and oxygen atoms in total. The van der Waals surface area contributed by atoms with Gasteiger partial charge in [-0.1, -0.05) is 60.7 Å². The van der Waals surface area contributed by atoms with Crippen LogP contribution in [0.25, 0.3) is 0 Å². The van der Waals surface area contributed by atoms with Gasteiger partial charge in [0.05, 0.1) is 12.2 Å². The van der Waals surface area contributed by atoms with Crippen LogP contribution >= 0.6 is 0 Å². The Kier molecular flexibility index (Phi) is 3.86. The topological polar surface area (TPSA) is 9.23 Å². The summed E-state index contributed by atoms with van der Waals surface area (Å²) in [5.41, 5.74) is 3.03. The van der Waals surface area contributed by atoms with Gasteiger partial charge >= 0.3 is 0 Å². The van der Waals surface area contributed by atoms with Crippen LogP contribution in [0.3, 0.4) is 0 Å². The first-order valence-electron chi connectivity index (χ1n) is 7.79. The predicted molar refractivity (Wildman–Crippen MR) is 87.4 cm³/mol. The number of hydrogen-bond donors (Lipinski definition) is 0. The third-order valence-electron chi connectivity index (χ3n) is 4.41. The zero-order valence-corrected chi connectivity index (χ0v) is 13.0. The predicted octanol–water partition coefficient (Wildman–Crippen LogP) is 4.66. The van der Waals surface area contributed by atoms with Crippen molar-refractivity contribution in [1.82, 2.24) is 0 Å². The molecule has 1 aliphatic rings. The maximum Gasteiger partial charge on any atom is 0.0633 e. The van der Waals surface area contributed by atoms with Gasteiger partial charge in [-0.3, -0.25) is 0 Å². The summed E-state index contributed by atoms with van der Waals surface area (Å²) in [5.74, 6) is 0. The third-order valence-corrected chi connectivity index (χ3v) is 4.41. The van der Waals surface area contributed by atoms with Crippen LogP contribution < -0.4 is 0 Å². The van der Waals surface area contributed by atoms with E-state index in [2.05, 4.69) is 74.5 Å². The van der Waals surface area contributed by atoms with Crippen molar-refractivity contribution in [2.45, 2.75) is 38.7 Å². The van der Waals surface area contributed by atoms with Crippen LogP contribution in [0.15, 0.2) is 60.7 Å². The van der Waals surface area contributed by atoms with E-state index in [4.69, 9.17) is 4.74 Å². The van der Waals surface area contributed by atoms with E-state index < -0.39 is 0 Å². The monoisotopic (exact) mass is 280 g/mol. The number of ether oxygens (including phenoxy) is 1. The van der Waals surface area contributed by atoms with E-state index in [0.29, 0.717) is 0 Å². The molecular formula is C20H24O. The van der Waals surface area contributed by atoms with Crippen molar-refractivity contribution in [3.63, 3.8) is 0 Å². The molecular weight excluding hydrogens is 256 g/mol. The van der Waals surface area contributed by atoms with Crippen LogP contribution in [0.5, 0.6) is 0 Å². The Hall–Kier alpha value is -1.60. The minimum absolute atomic E-state index is 0.0104. The minimum Gasteiger partial charge on any atom is -0.375 e. The molecule has 21 heavy (non-hydrogen) atoms. The smallest absolute Gasteiger partial charge is 0.0633 e. The lowest BCUT2D eigenvalue weighted by Crippen LogP contribution is -2.28. The zero-order valence-electron chi connectivity index (χ0n) is 13.0. The Labute approximate surface area is 128 Å². The first-order chi connectivity index (χ1) is 10.1. The van der Waals surface area contributed by atoms with E-state index in [-0.39, 0.29) is 11.0 Å².